The molecule has 2 aromatic heterocycles. The molecule has 0 aliphatic rings. The molecule has 44 heavy (non-hydrogen) atoms. The number of benzene rings is 7. The maximum absolute atomic E-state index is 6.35. The topological polar surface area (TPSA) is 31.0 Å². The SMILES string of the molecule is c1ccc(-c2nc3ccccc3n2-c2ccc(-c3cccc(-c4cc5c6ccccc6oc5c5ccccc45)c3)cc2)cc1. The number of imidazole rings is 1. The molecule has 3 heteroatoms. The number of para-hydroxylation sites is 3. The lowest BCUT2D eigenvalue weighted by atomic mass is 9.93. The van der Waals surface area contributed by atoms with Crippen molar-refractivity contribution in [2.75, 3.05) is 0 Å². The largest absolute Gasteiger partial charge is 0.455 e. The molecule has 0 spiro atoms. The number of rotatable bonds is 4. The van der Waals surface area contributed by atoms with E-state index < -0.39 is 0 Å². The summed E-state index contributed by atoms with van der Waals surface area (Å²) in [5.41, 5.74) is 10.8. The van der Waals surface area contributed by atoms with E-state index in [0.717, 1.165) is 55.4 Å². The highest BCUT2D eigenvalue weighted by molar-refractivity contribution is 6.19. The Morgan fingerprint density at radius 3 is 2.00 bits per heavy atom. The van der Waals surface area contributed by atoms with Gasteiger partial charge in [0.25, 0.3) is 0 Å². The Bertz CT molecular complexity index is 2480. The van der Waals surface area contributed by atoms with Crippen molar-refractivity contribution in [3.63, 3.8) is 0 Å². The standard InChI is InChI=1S/C41H26N2O/c1-2-11-28(12-3-1)41-42-37-18-7-8-19-38(37)43(41)31-23-21-27(22-24-31)29-13-10-14-30(25-29)35-26-36-33-16-6-9-20-39(33)44-40(36)34-17-5-4-15-32(34)35/h1-26H. The number of nitrogens with zero attached hydrogens (tertiary/aromatic N) is 2. The van der Waals surface area contributed by atoms with Crippen LogP contribution in [0.1, 0.15) is 0 Å². The summed E-state index contributed by atoms with van der Waals surface area (Å²) < 4.78 is 8.60. The molecular formula is C41H26N2O. The minimum atomic E-state index is 0.916. The molecule has 7 aromatic carbocycles. The van der Waals surface area contributed by atoms with Gasteiger partial charge in [-0.3, -0.25) is 4.57 Å². The highest BCUT2D eigenvalue weighted by Gasteiger charge is 2.16. The second kappa shape index (κ2) is 9.82. The molecule has 0 unspecified atom stereocenters. The van der Waals surface area contributed by atoms with Crippen molar-refractivity contribution in [3.8, 4) is 39.3 Å². The van der Waals surface area contributed by atoms with E-state index in [1.165, 1.54) is 27.6 Å². The highest BCUT2D eigenvalue weighted by atomic mass is 16.3. The molecule has 0 amide bonds. The van der Waals surface area contributed by atoms with Crippen LogP contribution < -0.4 is 0 Å². The van der Waals surface area contributed by atoms with E-state index in [1.807, 2.05) is 24.3 Å². The summed E-state index contributed by atoms with van der Waals surface area (Å²) in [5.74, 6) is 0.940. The molecule has 0 N–H and O–H groups in total. The number of fused-ring (bicyclic) bond motifs is 6. The van der Waals surface area contributed by atoms with E-state index in [2.05, 4.69) is 138 Å². The quantitative estimate of drug-likeness (QED) is 0.214. The lowest BCUT2D eigenvalue weighted by Gasteiger charge is -2.12. The Morgan fingerprint density at radius 1 is 0.455 bits per heavy atom. The molecule has 0 aliphatic heterocycles. The van der Waals surface area contributed by atoms with E-state index in [1.54, 1.807) is 0 Å². The van der Waals surface area contributed by atoms with Gasteiger partial charge in [-0.1, -0.05) is 115 Å². The number of furan rings is 1. The molecule has 0 saturated carbocycles. The summed E-state index contributed by atoms with van der Waals surface area (Å²) in [6.07, 6.45) is 0. The zero-order chi connectivity index (χ0) is 29.0. The Kier molecular flexibility index (Phi) is 5.50. The minimum Gasteiger partial charge on any atom is -0.455 e. The molecule has 0 radical (unpaired) electrons. The first-order valence-electron chi connectivity index (χ1n) is 14.9. The van der Waals surface area contributed by atoms with Crippen LogP contribution in [0.3, 0.4) is 0 Å². The zero-order valence-electron chi connectivity index (χ0n) is 23.8. The van der Waals surface area contributed by atoms with Gasteiger partial charge in [0.1, 0.15) is 17.0 Å². The lowest BCUT2D eigenvalue weighted by Crippen LogP contribution is -1.97. The molecule has 3 nitrogen and oxygen atoms in total. The van der Waals surface area contributed by atoms with Gasteiger partial charge >= 0.3 is 0 Å². The molecule has 2 heterocycles. The van der Waals surface area contributed by atoms with Gasteiger partial charge in [0, 0.05) is 27.4 Å². The smallest absolute Gasteiger partial charge is 0.145 e. The van der Waals surface area contributed by atoms with Crippen molar-refractivity contribution in [3.05, 3.63) is 158 Å². The molecule has 0 fully saturated rings. The zero-order valence-corrected chi connectivity index (χ0v) is 23.8. The molecule has 0 saturated heterocycles. The second-order valence-electron chi connectivity index (χ2n) is 11.2. The fourth-order valence-corrected chi connectivity index (χ4v) is 6.52. The molecule has 9 aromatic rings. The molecule has 9 rings (SSSR count). The van der Waals surface area contributed by atoms with Gasteiger partial charge in [0.05, 0.1) is 11.0 Å². The van der Waals surface area contributed by atoms with Gasteiger partial charge in [-0.2, -0.15) is 0 Å². The fourth-order valence-electron chi connectivity index (χ4n) is 6.52. The third-order valence-corrected chi connectivity index (χ3v) is 8.61. The van der Waals surface area contributed by atoms with Crippen LogP contribution in [0.15, 0.2) is 162 Å². The van der Waals surface area contributed by atoms with Crippen molar-refractivity contribution in [2.24, 2.45) is 0 Å². The van der Waals surface area contributed by atoms with Crippen LogP contribution in [-0.2, 0) is 0 Å². The molecule has 0 atom stereocenters. The summed E-state index contributed by atoms with van der Waals surface area (Å²) >= 11 is 0. The summed E-state index contributed by atoms with van der Waals surface area (Å²) in [6, 6.07) is 55.5. The average molecular weight is 563 g/mol. The van der Waals surface area contributed by atoms with E-state index in [9.17, 15) is 0 Å². The van der Waals surface area contributed by atoms with Crippen molar-refractivity contribution in [2.45, 2.75) is 0 Å². The summed E-state index contributed by atoms with van der Waals surface area (Å²) in [5, 5.41) is 4.61. The first kappa shape index (κ1) is 24.6. The van der Waals surface area contributed by atoms with Crippen molar-refractivity contribution >= 4 is 43.7 Å². The van der Waals surface area contributed by atoms with Gasteiger partial charge < -0.3 is 4.42 Å². The lowest BCUT2D eigenvalue weighted by molar-refractivity contribution is 0.672. The predicted octanol–water partition coefficient (Wildman–Crippen LogP) is 11.1. The van der Waals surface area contributed by atoms with E-state index >= 15 is 0 Å². The Hall–Kier alpha value is -5.93. The number of aromatic nitrogens is 2. The van der Waals surface area contributed by atoms with E-state index in [4.69, 9.17) is 9.40 Å². The van der Waals surface area contributed by atoms with Gasteiger partial charge in [-0.05, 0) is 70.1 Å². The van der Waals surface area contributed by atoms with Crippen LogP contribution in [0, 0.1) is 0 Å². The van der Waals surface area contributed by atoms with Crippen LogP contribution >= 0.6 is 0 Å². The molecular weight excluding hydrogens is 536 g/mol. The van der Waals surface area contributed by atoms with Gasteiger partial charge in [0.2, 0.25) is 0 Å². The fraction of sp³-hybridized carbons (Fsp3) is 0. The van der Waals surface area contributed by atoms with Gasteiger partial charge in [-0.25, -0.2) is 4.98 Å². The summed E-state index contributed by atoms with van der Waals surface area (Å²) in [6.45, 7) is 0. The normalized spacial score (nSPS) is 11.6. The van der Waals surface area contributed by atoms with Crippen LogP contribution in [0.5, 0.6) is 0 Å². The average Bonchev–Trinajstić information content (AvgIpc) is 3.68. The first-order chi connectivity index (χ1) is 21.8. The third kappa shape index (κ3) is 3.87. The van der Waals surface area contributed by atoms with Gasteiger partial charge in [0.15, 0.2) is 0 Å². The summed E-state index contributed by atoms with van der Waals surface area (Å²) in [7, 11) is 0. The number of hydrogen-bond acceptors (Lipinski definition) is 2. The third-order valence-electron chi connectivity index (χ3n) is 8.61. The Balaban J connectivity index is 1.16. The van der Waals surface area contributed by atoms with Crippen LogP contribution in [0.25, 0.3) is 83.1 Å². The Labute approximate surface area is 254 Å². The van der Waals surface area contributed by atoms with Crippen molar-refractivity contribution in [1.82, 2.24) is 9.55 Å². The molecule has 0 aliphatic carbocycles. The van der Waals surface area contributed by atoms with Crippen LogP contribution in [0.2, 0.25) is 0 Å². The maximum atomic E-state index is 6.35. The molecule has 206 valence electrons. The summed E-state index contributed by atoms with van der Waals surface area (Å²) in [4.78, 5) is 5.00. The first-order valence-corrected chi connectivity index (χ1v) is 14.9. The second-order valence-corrected chi connectivity index (χ2v) is 11.2. The monoisotopic (exact) mass is 562 g/mol. The number of hydrogen-bond donors (Lipinski definition) is 0. The van der Waals surface area contributed by atoms with Crippen LogP contribution in [0.4, 0.5) is 0 Å². The Morgan fingerprint density at radius 2 is 1.14 bits per heavy atom. The highest BCUT2D eigenvalue weighted by Crippen LogP contribution is 2.40. The van der Waals surface area contributed by atoms with Crippen molar-refractivity contribution in [1.29, 1.82) is 0 Å². The predicted molar refractivity (Wildman–Crippen MR) is 182 cm³/mol. The van der Waals surface area contributed by atoms with Crippen LogP contribution in [-0.4, -0.2) is 9.55 Å². The minimum absolute atomic E-state index is 0.916. The van der Waals surface area contributed by atoms with E-state index in [-0.39, 0.29) is 0 Å². The maximum Gasteiger partial charge on any atom is 0.145 e. The molecule has 0 bridgehead atoms. The van der Waals surface area contributed by atoms with Gasteiger partial charge in [-0.15, -0.1) is 0 Å². The van der Waals surface area contributed by atoms with Crippen molar-refractivity contribution < 1.29 is 4.42 Å². The van der Waals surface area contributed by atoms with E-state index in [0.29, 0.717) is 0 Å².